The Balaban J connectivity index is 1.88. The number of carbonyl (C=O) groups excluding carboxylic acids is 2. The van der Waals surface area contributed by atoms with Gasteiger partial charge in [0.1, 0.15) is 11.5 Å². The highest BCUT2D eigenvalue weighted by atomic mass is 16.6. The zero-order chi connectivity index (χ0) is 22.8. The first-order chi connectivity index (χ1) is 15.4. The summed E-state index contributed by atoms with van der Waals surface area (Å²) >= 11 is 0. The number of anilines is 1. The van der Waals surface area contributed by atoms with Crippen LogP contribution in [0.1, 0.15) is 17.2 Å². The number of nitrogens with zero attached hydrogens (tertiary/aromatic N) is 2. The zero-order valence-corrected chi connectivity index (χ0v) is 17.0. The third-order valence-corrected chi connectivity index (χ3v) is 5.26. The van der Waals surface area contributed by atoms with E-state index in [4.69, 9.17) is 4.74 Å². The van der Waals surface area contributed by atoms with Gasteiger partial charge in [0, 0.05) is 23.4 Å². The quantitative estimate of drug-likeness (QED) is 0.213. The first kappa shape index (κ1) is 20.8. The van der Waals surface area contributed by atoms with Gasteiger partial charge in [-0.25, -0.2) is 0 Å². The molecule has 0 aromatic heterocycles. The number of carbonyl (C=O) groups is 2. The monoisotopic (exact) mass is 430 g/mol. The van der Waals surface area contributed by atoms with Crippen molar-refractivity contribution < 1.29 is 24.4 Å². The number of Topliss-reactive ketones (excluding diaryl/α,β-unsaturated/α-hetero) is 1. The largest absolute Gasteiger partial charge is 0.507 e. The molecule has 1 heterocycles. The minimum absolute atomic E-state index is 0.0918. The maximum atomic E-state index is 13.0. The van der Waals surface area contributed by atoms with E-state index in [-0.39, 0.29) is 16.8 Å². The number of ether oxygens (including phenoxy) is 1. The van der Waals surface area contributed by atoms with Gasteiger partial charge < -0.3 is 9.84 Å². The van der Waals surface area contributed by atoms with Crippen molar-refractivity contribution in [3.05, 3.63) is 106 Å². The Kier molecular flexibility index (Phi) is 5.43. The number of benzene rings is 3. The standard InChI is InChI=1S/C24H18N2O6/c1-32-19-13-11-17(12-14-19)25-21(15-5-3-2-4-6-15)20(23(28)24(25)29)22(27)16-7-9-18(10-8-16)26(30)31/h2-14,21,27H,1H3/b22-20-. The highest BCUT2D eigenvalue weighted by molar-refractivity contribution is 6.51. The van der Waals surface area contributed by atoms with Crippen molar-refractivity contribution in [2.24, 2.45) is 0 Å². The van der Waals surface area contributed by atoms with E-state index in [9.17, 15) is 24.8 Å². The number of aliphatic hydroxyl groups excluding tert-OH is 1. The molecule has 0 spiro atoms. The SMILES string of the molecule is COc1ccc(N2C(=O)C(=O)/C(=C(\O)c3ccc([N+](=O)[O-])cc3)C2c2ccccc2)cc1. The normalized spacial score (nSPS) is 17.4. The first-order valence-corrected chi connectivity index (χ1v) is 9.67. The summed E-state index contributed by atoms with van der Waals surface area (Å²) in [5.41, 5.74) is 1.05. The molecule has 8 heteroatoms. The van der Waals surface area contributed by atoms with E-state index < -0.39 is 28.4 Å². The van der Waals surface area contributed by atoms with Crippen LogP contribution < -0.4 is 9.64 Å². The van der Waals surface area contributed by atoms with Crippen molar-refractivity contribution >= 4 is 28.8 Å². The van der Waals surface area contributed by atoms with Gasteiger partial charge in [0.05, 0.1) is 23.6 Å². The lowest BCUT2D eigenvalue weighted by atomic mass is 9.95. The molecule has 1 unspecified atom stereocenters. The van der Waals surface area contributed by atoms with E-state index >= 15 is 0 Å². The Hall–Kier alpha value is -4.46. The molecule has 1 aliphatic heterocycles. The summed E-state index contributed by atoms with van der Waals surface area (Å²) in [5.74, 6) is -1.44. The van der Waals surface area contributed by atoms with Gasteiger partial charge in [0.25, 0.3) is 17.4 Å². The topological polar surface area (TPSA) is 110 Å². The Morgan fingerprint density at radius 1 is 0.969 bits per heavy atom. The van der Waals surface area contributed by atoms with Crippen molar-refractivity contribution in [1.29, 1.82) is 0 Å². The van der Waals surface area contributed by atoms with Gasteiger partial charge in [-0.1, -0.05) is 30.3 Å². The average Bonchev–Trinajstić information content (AvgIpc) is 3.09. The second kappa shape index (κ2) is 8.35. The molecule has 1 N–H and O–H groups in total. The molecule has 3 aromatic rings. The van der Waals surface area contributed by atoms with Crippen molar-refractivity contribution in [2.75, 3.05) is 12.0 Å². The summed E-state index contributed by atoms with van der Waals surface area (Å²) in [6.45, 7) is 0. The molecule has 0 saturated carbocycles. The number of aliphatic hydroxyl groups is 1. The number of non-ortho nitro benzene ring substituents is 1. The van der Waals surface area contributed by atoms with Crippen LogP contribution in [0.5, 0.6) is 5.75 Å². The molecule has 0 bridgehead atoms. The van der Waals surface area contributed by atoms with Crippen LogP contribution in [-0.2, 0) is 9.59 Å². The Labute approximate surface area is 183 Å². The van der Waals surface area contributed by atoms with Crippen molar-refractivity contribution in [3.8, 4) is 5.75 Å². The Bertz CT molecular complexity index is 1220. The highest BCUT2D eigenvalue weighted by Crippen LogP contribution is 2.42. The fourth-order valence-corrected chi connectivity index (χ4v) is 3.69. The molecular weight excluding hydrogens is 412 g/mol. The zero-order valence-electron chi connectivity index (χ0n) is 17.0. The second-order valence-electron chi connectivity index (χ2n) is 7.08. The van der Waals surface area contributed by atoms with Crippen LogP contribution >= 0.6 is 0 Å². The average molecular weight is 430 g/mol. The number of nitro groups is 1. The Morgan fingerprint density at radius 2 is 1.59 bits per heavy atom. The summed E-state index contributed by atoms with van der Waals surface area (Å²) in [6, 6.07) is 19.8. The molecule has 1 amide bonds. The molecule has 1 aliphatic rings. The van der Waals surface area contributed by atoms with Crippen LogP contribution in [0.15, 0.2) is 84.4 Å². The summed E-state index contributed by atoms with van der Waals surface area (Å²) < 4.78 is 5.17. The molecule has 1 atom stereocenters. The first-order valence-electron chi connectivity index (χ1n) is 9.67. The molecule has 0 radical (unpaired) electrons. The van der Waals surface area contributed by atoms with Crippen LogP contribution in [0, 0.1) is 10.1 Å². The van der Waals surface area contributed by atoms with E-state index in [0.717, 1.165) is 0 Å². The smallest absolute Gasteiger partial charge is 0.300 e. The summed E-state index contributed by atoms with van der Waals surface area (Å²) in [4.78, 5) is 37.8. The van der Waals surface area contributed by atoms with E-state index in [2.05, 4.69) is 0 Å². The van der Waals surface area contributed by atoms with Crippen molar-refractivity contribution in [1.82, 2.24) is 0 Å². The predicted molar refractivity (Wildman–Crippen MR) is 117 cm³/mol. The van der Waals surface area contributed by atoms with Gasteiger partial charge in [0.15, 0.2) is 0 Å². The molecule has 160 valence electrons. The van der Waals surface area contributed by atoms with Gasteiger partial charge >= 0.3 is 0 Å². The molecular formula is C24H18N2O6. The van der Waals surface area contributed by atoms with Crippen LogP contribution in [0.2, 0.25) is 0 Å². The van der Waals surface area contributed by atoms with Gasteiger partial charge in [-0.2, -0.15) is 0 Å². The molecule has 32 heavy (non-hydrogen) atoms. The molecule has 0 aliphatic carbocycles. The van der Waals surface area contributed by atoms with E-state index in [1.807, 2.05) is 0 Å². The molecule has 1 saturated heterocycles. The number of rotatable bonds is 5. The lowest BCUT2D eigenvalue weighted by Gasteiger charge is -2.25. The van der Waals surface area contributed by atoms with Gasteiger partial charge in [-0.15, -0.1) is 0 Å². The third-order valence-electron chi connectivity index (χ3n) is 5.26. The number of amides is 1. The van der Waals surface area contributed by atoms with Gasteiger partial charge in [0.2, 0.25) is 0 Å². The lowest BCUT2D eigenvalue weighted by Crippen LogP contribution is -2.29. The van der Waals surface area contributed by atoms with Crippen LogP contribution in [0.4, 0.5) is 11.4 Å². The Morgan fingerprint density at radius 3 is 2.16 bits per heavy atom. The van der Waals surface area contributed by atoms with Crippen molar-refractivity contribution in [3.63, 3.8) is 0 Å². The maximum Gasteiger partial charge on any atom is 0.300 e. The number of hydrogen-bond donors (Lipinski definition) is 1. The summed E-state index contributed by atoms with van der Waals surface area (Å²) in [7, 11) is 1.52. The third kappa shape index (κ3) is 3.58. The minimum Gasteiger partial charge on any atom is -0.507 e. The molecule has 3 aromatic carbocycles. The maximum absolute atomic E-state index is 13.0. The van der Waals surface area contributed by atoms with Crippen molar-refractivity contribution in [2.45, 2.75) is 6.04 Å². The van der Waals surface area contributed by atoms with Gasteiger partial charge in [-0.3, -0.25) is 24.6 Å². The highest BCUT2D eigenvalue weighted by Gasteiger charge is 2.46. The predicted octanol–water partition coefficient (Wildman–Crippen LogP) is 4.23. The summed E-state index contributed by atoms with van der Waals surface area (Å²) in [6.07, 6.45) is 0. The fraction of sp³-hybridized carbons (Fsp3) is 0.0833. The van der Waals surface area contributed by atoms with E-state index in [1.165, 1.54) is 36.3 Å². The van der Waals surface area contributed by atoms with E-state index in [1.54, 1.807) is 54.6 Å². The van der Waals surface area contributed by atoms with Crippen LogP contribution in [0.25, 0.3) is 5.76 Å². The second-order valence-corrected chi connectivity index (χ2v) is 7.08. The fourth-order valence-electron chi connectivity index (χ4n) is 3.69. The number of methoxy groups -OCH3 is 1. The minimum atomic E-state index is -0.875. The number of nitro benzene ring substituents is 1. The van der Waals surface area contributed by atoms with Crippen LogP contribution in [-0.4, -0.2) is 28.8 Å². The molecule has 4 rings (SSSR count). The van der Waals surface area contributed by atoms with Gasteiger partial charge in [-0.05, 0) is 42.0 Å². The molecule has 8 nitrogen and oxygen atoms in total. The number of hydrogen-bond acceptors (Lipinski definition) is 6. The van der Waals surface area contributed by atoms with Crippen LogP contribution in [0.3, 0.4) is 0 Å². The number of ketones is 1. The summed E-state index contributed by atoms with van der Waals surface area (Å²) in [5, 5.41) is 21.9. The molecule has 1 fully saturated rings. The van der Waals surface area contributed by atoms with E-state index in [0.29, 0.717) is 17.0 Å². The lowest BCUT2D eigenvalue weighted by molar-refractivity contribution is -0.384.